The predicted molar refractivity (Wildman–Crippen MR) is 183 cm³/mol. The molecule has 12 heteroatoms. The molecule has 0 amide bonds. The zero-order valence-electron chi connectivity index (χ0n) is 26.7. The molecule has 242 valence electrons. The first kappa shape index (κ1) is 32.5. The highest BCUT2D eigenvalue weighted by Crippen LogP contribution is 2.36. The third-order valence-electron chi connectivity index (χ3n) is 8.18. The van der Waals surface area contributed by atoms with Gasteiger partial charge in [-0.2, -0.15) is 9.97 Å². The van der Waals surface area contributed by atoms with E-state index in [4.69, 9.17) is 33.9 Å². The Morgan fingerprint density at radius 1 is 0.826 bits per heavy atom. The third-order valence-corrected chi connectivity index (χ3v) is 8.18. The maximum Gasteiger partial charge on any atom is 0.226 e. The molecule has 2 aromatic heterocycles. The number of ether oxygens (including phenoxy) is 4. The monoisotopic (exact) mass is 645 g/mol. The fourth-order valence-corrected chi connectivity index (χ4v) is 5.75. The Morgan fingerprint density at radius 3 is 2.24 bits per heavy atom. The summed E-state index contributed by atoms with van der Waals surface area (Å²) < 4.78 is 24.0. The molecule has 1 aliphatic rings. The number of rotatable bonds is 12. The molecule has 1 aliphatic heterocycles. The minimum absolute atomic E-state index is 0. The Balaban J connectivity index is 0.00000417. The van der Waals surface area contributed by atoms with Gasteiger partial charge in [0.25, 0.3) is 0 Å². The largest absolute Gasteiger partial charge is 0.493 e. The van der Waals surface area contributed by atoms with E-state index in [9.17, 15) is 0 Å². The lowest BCUT2D eigenvalue weighted by Crippen LogP contribution is -2.32. The average molecular weight is 646 g/mol. The second-order valence-electron chi connectivity index (χ2n) is 10.9. The molecule has 0 bridgehead atoms. The van der Waals surface area contributed by atoms with E-state index in [-0.39, 0.29) is 18.4 Å². The number of imidazole rings is 1. The van der Waals surface area contributed by atoms with Crippen molar-refractivity contribution in [1.29, 1.82) is 0 Å². The Labute approximate surface area is 275 Å². The van der Waals surface area contributed by atoms with Crippen molar-refractivity contribution < 1.29 is 18.9 Å². The van der Waals surface area contributed by atoms with Crippen LogP contribution in [0.5, 0.6) is 23.0 Å². The molecular formula is C34H40ClN7O4. The SMILES string of the molecule is COc1ccc(CCNc2nc(N3CCc4cc(OC)c(OC)cc4C3)c3c(ncn3NC(C)c3ccccc3)n2)cc1OC.Cl. The van der Waals surface area contributed by atoms with Gasteiger partial charge >= 0.3 is 0 Å². The molecule has 0 saturated carbocycles. The van der Waals surface area contributed by atoms with Crippen LogP contribution in [0.2, 0.25) is 0 Å². The van der Waals surface area contributed by atoms with Crippen LogP contribution in [0.1, 0.15) is 35.2 Å². The second kappa shape index (κ2) is 14.5. The summed E-state index contributed by atoms with van der Waals surface area (Å²) in [4.78, 5) is 16.9. The highest BCUT2D eigenvalue weighted by Gasteiger charge is 2.25. The van der Waals surface area contributed by atoms with Crippen LogP contribution in [0.15, 0.2) is 67.0 Å². The van der Waals surface area contributed by atoms with E-state index >= 15 is 0 Å². The molecule has 1 unspecified atom stereocenters. The number of hydrogen-bond acceptors (Lipinski definition) is 10. The van der Waals surface area contributed by atoms with E-state index in [2.05, 4.69) is 46.8 Å². The summed E-state index contributed by atoms with van der Waals surface area (Å²) in [5.74, 6) is 4.20. The first-order valence-corrected chi connectivity index (χ1v) is 15.0. The topological polar surface area (TPSA) is 108 Å². The number of halogens is 1. The van der Waals surface area contributed by atoms with Crippen LogP contribution in [-0.2, 0) is 19.4 Å². The Hall–Kier alpha value is -4.90. The van der Waals surface area contributed by atoms with E-state index in [1.807, 2.05) is 41.1 Å². The van der Waals surface area contributed by atoms with Crippen LogP contribution in [0.3, 0.4) is 0 Å². The summed E-state index contributed by atoms with van der Waals surface area (Å²) in [6.45, 7) is 4.19. The van der Waals surface area contributed by atoms with Crippen molar-refractivity contribution in [2.45, 2.75) is 32.4 Å². The van der Waals surface area contributed by atoms with E-state index in [1.54, 1.807) is 34.8 Å². The second-order valence-corrected chi connectivity index (χ2v) is 10.9. The first-order chi connectivity index (χ1) is 22.0. The van der Waals surface area contributed by atoms with Gasteiger partial charge in [0.15, 0.2) is 40.0 Å². The van der Waals surface area contributed by atoms with E-state index in [1.165, 1.54) is 16.7 Å². The predicted octanol–water partition coefficient (Wildman–Crippen LogP) is 5.80. The molecule has 6 rings (SSSR count). The lowest BCUT2D eigenvalue weighted by molar-refractivity contribution is 0.353. The summed E-state index contributed by atoms with van der Waals surface area (Å²) in [7, 11) is 6.61. The van der Waals surface area contributed by atoms with Gasteiger partial charge in [-0.15, -0.1) is 12.4 Å². The molecule has 0 radical (unpaired) electrons. The fraction of sp³-hybridized carbons (Fsp3) is 0.324. The van der Waals surface area contributed by atoms with Crippen molar-refractivity contribution >= 4 is 35.3 Å². The number of benzene rings is 3. The minimum Gasteiger partial charge on any atom is -0.493 e. The molecule has 3 aromatic carbocycles. The van der Waals surface area contributed by atoms with Gasteiger partial charge in [0.2, 0.25) is 5.95 Å². The Morgan fingerprint density at radius 2 is 1.52 bits per heavy atom. The van der Waals surface area contributed by atoms with Crippen LogP contribution in [0.4, 0.5) is 11.8 Å². The summed E-state index contributed by atoms with van der Waals surface area (Å²) in [6, 6.07) is 20.5. The molecule has 2 N–H and O–H groups in total. The van der Waals surface area contributed by atoms with Gasteiger partial charge in [0, 0.05) is 19.6 Å². The van der Waals surface area contributed by atoms with Crippen molar-refractivity contribution in [2.24, 2.45) is 0 Å². The summed E-state index contributed by atoms with van der Waals surface area (Å²) in [5, 5.41) is 3.43. The summed E-state index contributed by atoms with van der Waals surface area (Å²) in [5.41, 5.74) is 9.72. The molecule has 0 fully saturated rings. The van der Waals surface area contributed by atoms with Gasteiger partial charge in [-0.1, -0.05) is 36.4 Å². The van der Waals surface area contributed by atoms with Gasteiger partial charge in [0.1, 0.15) is 6.33 Å². The molecule has 3 heterocycles. The molecule has 46 heavy (non-hydrogen) atoms. The highest BCUT2D eigenvalue weighted by molar-refractivity contribution is 5.86. The smallest absolute Gasteiger partial charge is 0.226 e. The number of aromatic nitrogens is 4. The van der Waals surface area contributed by atoms with Crippen molar-refractivity contribution in [3.63, 3.8) is 0 Å². The van der Waals surface area contributed by atoms with Gasteiger partial charge in [-0.05, 0) is 66.3 Å². The fourth-order valence-electron chi connectivity index (χ4n) is 5.75. The lowest BCUT2D eigenvalue weighted by Gasteiger charge is -2.31. The van der Waals surface area contributed by atoms with Gasteiger partial charge in [-0.25, -0.2) is 9.66 Å². The van der Waals surface area contributed by atoms with E-state index in [0.717, 1.165) is 42.0 Å². The molecule has 0 spiro atoms. The third kappa shape index (κ3) is 6.69. The van der Waals surface area contributed by atoms with Crippen LogP contribution in [-0.4, -0.2) is 61.2 Å². The molecular weight excluding hydrogens is 606 g/mol. The van der Waals surface area contributed by atoms with Crippen LogP contribution < -0.4 is 34.6 Å². The van der Waals surface area contributed by atoms with Crippen LogP contribution in [0, 0.1) is 0 Å². The highest BCUT2D eigenvalue weighted by atomic mass is 35.5. The zero-order valence-corrected chi connectivity index (χ0v) is 27.6. The van der Waals surface area contributed by atoms with Crippen molar-refractivity contribution in [1.82, 2.24) is 19.6 Å². The standard InChI is InChI=1S/C34H39N7O4.ClH/c1-22(24-9-7-6-8-10-24)39-41-21-36-32-31(41)33(40-16-14-25-18-29(44-4)30(45-5)19-26(25)20-40)38-34(37-32)35-15-13-23-11-12-27(42-2)28(17-23)43-3;/h6-12,17-19,21-22,39H,13-16,20H2,1-5H3,(H,35,37,38);1H. The minimum atomic E-state index is 0. The quantitative estimate of drug-likeness (QED) is 0.173. The first-order valence-electron chi connectivity index (χ1n) is 15.0. The normalized spacial score (nSPS) is 12.9. The maximum absolute atomic E-state index is 5.62. The zero-order chi connectivity index (χ0) is 31.3. The molecule has 11 nitrogen and oxygen atoms in total. The number of anilines is 2. The van der Waals surface area contributed by atoms with Crippen LogP contribution in [0.25, 0.3) is 11.2 Å². The molecule has 0 saturated heterocycles. The van der Waals surface area contributed by atoms with E-state index < -0.39 is 0 Å². The van der Waals surface area contributed by atoms with Crippen LogP contribution >= 0.6 is 12.4 Å². The number of nitrogens with zero attached hydrogens (tertiary/aromatic N) is 5. The molecule has 1 atom stereocenters. The van der Waals surface area contributed by atoms with Gasteiger partial charge in [0.05, 0.1) is 34.5 Å². The average Bonchev–Trinajstić information content (AvgIpc) is 3.49. The van der Waals surface area contributed by atoms with Crippen molar-refractivity contribution in [3.8, 4) is 23.0 Å². The van der Waals surface area contributed by atoms with Gasteiger partial charge < -0.3 is 34.6 Å². The van der Waals surface area contributed by atoms with Gasteiger partial charge in [-0.3, -0.25) is 0 Å². The number of methoxy groups -OCH3 is 4. The van der Waals surface area contributed by atoms with Crippen molar-refractivity contribution in [2.75, 3.05) is 57.2 Å². The lowest BCUT2D eigenvalue weighted by atomic mass is 9.98. The molecule has 5 aromatic rings. The van der Waals surface area contributed by atoms with E-state index in [0.29, 0.717) is 41.9 Å². The maximum atomic E-state index is 5.62. The number of nitrogens with one attached hydrogen (secondary N) is 2. The molecule has 0 aliphatic carbocycles. The number of hydrogen-bond donors (Lipinski definition) is 2. The Bertz CT molecular complexity index is 1780. The summed E-state index contributed by atoms with van der Waals surface area (Å²) >= 11 is 0. The van der Waals surface area contributed by atoms with Crippen molar-refractivity contribution in [3.05, 3.63) is 89.2 Å². The Kier molecular flexibility index (Phi) is 10.2. The summed E-state index contributed by atoms with van der Waals surface area (Å²) in [6.07, 6.45) is 3.37. The number of fused-ring (bicyclic) bond motifs is 2.